The molecule has 1 unspecified atom stereocenters. The highest BCUT2D eigenvalue weighted by atomic mass is 35.5. The largest absolute Gasteiger partial charge is 0.348 e. The number of aromatic nitrogens is 4. The summed E-state index contributed by atoms with van der Waals surface area (Å²) in [6.45, 7) is 1.75. The first-order chi connectivity index (χ1) is 13.2. The van der Waals surface area contributed by atoms with Gasteiger partial charge in [0, 0.05) is 19.1 Å². The minimum atomic E-state index is -0.560. The van der Waals surface area contributed by atoms with Gasteiger partial charge in [-0.15, -0.1) is 0 Å². The van der Waals surface area contributed by atoms with Crippen LogP contribution in [0.3, 0.4) is 0 Å². The molecule has 3 rings (SSSR count). The average Bonchev–Trinajstić information content (AvgIpc) is 3.00. The summed E-state index contributed by atoms with van der Waals surface area (Å²) >= 11 is 12.1. The fourth-order valence-electron chi connectivity index (χ4n) is 3.06. The second-order valence-electron chi connectivity index (χ2n) is 6.42. The standard InChI is InChI=1S/C18H19Cl2N5O3/c1-4-12(10-5-7-11(19)8-6-10)21-13(26)9-25-14-15(22-17(25)20)23(2)18(28)24(3)16(14)27/h5-8,12H,4,9H2,1-3H3,(H,21,26). The Labute approximate surface area is 170 Å². The van der Waals surface area contributed by atoms with E-state index in [4.69, 9.17) is 23.2 Å². The average molecular weight is 424 g/mol. The van der Waals surface area contributed by atoms with Crippen molar-refractivity contribution in [2.75, 3.05) is 0 Å². The lowest BCUT2D eigenvalue weighted by molar-refractivity contribution is -0.122. The van der Waals surface area contributed by atoms with Crippen molar-refractivity contribution in [2.45, 2.75) is 25.9 Å². The van der Waals surface area contributed by atoms with Crippen LogP contribution in [0.4, 0.5) is 0 Å². The predicted octanol–water partition coefficient (Wildman–Crippen LogP) is 2.01. The molecule has 0 radical (unpaired) electrons. The van der Waals surface area contributed by atoms with E-state index in [1.54, 1.807) is 12.1 Å². The zero-order valence-corrected chi connectivity index (χ0v) is 17.1. The molecule has 0 aliphatic carbocycles. The number of carbonyl (C=O) groups excluding carboxylic acids is 1. The third kappa shape index (κ3) is 3.57. The minimum absolute atomic E-state index is 0.0389. The van der Waals surface area contributed by atoms with Crippen LogP contribution >= 0.6 is 23.2 Å². The highest BCUT2D eigenvalue weighted by Crippen LogP contribution is 2.20. The van der Waals surface area contributed by atoms with Crippen molar-refractivity contribution in [3.05, 3.63) is 61.0 Å². The Bertz CT molecular complexity index is 1160. The van der Waals surface area contributed by atoms with Gasteiger partial charge in [0.15, 0.2) is 11.2 Å². The monoisotopic (exact) mass is 423 g/mol. The molecule has 0 aliphatic heterocycles. The molecule has 1 N–H and O–H groups in total. The van der Waals surface area contributed by atoms with Crippen LogP contribution in [0, 0.1) is 0 Å². The number of halogens is 2. The number of rotatable bonds is 5. The predicted molar refractivity (Wildman–Crippen MR) is 108 cm³/mol. The Morgan fingerprint density at radius 2 is 1.79 bits per heavy atom. The number of amides is 1. The number of fused-ring (bicyclic) bond motifs is 1. The molecular formula is C18H19Cl2N5O3. The topological polar surface area (TPSA) is 90.9 Å². The van der Waals surface area contributed by atoms with Crippen LogP contribution in [0.2, 0.25) is 10.3 Å². The maximum Gasteiger partial charge on any atom is 0.332 e. The van der Waals surface area contributed by atoms with Crippen molar-refractivity contribution in [3.8, 4) is 0 Å². The number of carbonyl (C=O) groups is 1. The quantitative estimate of drug-likeness (QED) is 0.635. The van der Waals surface area contributed by atoms with Crippen LogP contribution in [-0.2, 0) is 25.4 Å². The van der Waals surface area contributed by atoms with Crippen molar-refractivity contribution in [1.29, 1.82) is 0 Å². The van der Waals surface area contributed by atoms with Gasteiger partial charge in [-0.25, -0.2) is 4.79 Å². The molecule has 0 saturated heterocycles. The van der Waals surface area contributed by atoms with E-state index in [2.05, 4.69) is 10.3 Å². The molecule has 1 aromatic carbocycles. The third-order valence-electron chi connectivity index (χ3n) is 4.62. The fourth-order valence-corrected chi connectivity index (χ4v) is 3.41. The summed E-state index contributed by atoms with van der Waals surface area (Å²) in [7, 11) is 2.86. The van der Waals surface area contributed by atoms with Gasteiger partial charge in [0.05, 0.1) is 6.04 Å². The summed E-state index contributed by atoms with van der Waals surface area (Å²) in [4.78, 5) is 41.3. The van der Waals surface area contributed by atoms with E-state index in [0.29, 0.717) is 11.4 Å². The molecule has 2 aromatic heterocycles. The second kappa shape index (κ2) is 7.81. The Morgan fingerprint density at radius 1 is 1.14 bits per heavy atom. The summed E-state index contributed by atoms with van der Waals surface area (Å²) in [6.07, 6.45) is 0.669. The highest BCUT2D eigenvalue weighted by molar-refractivity contribution is 6.30. The zero-order valence-electron chi connectivity index (χ0n) is 15.6. The van der Waals surface area contributed by atoms with Gasteiger partial charge in [-0.05, 0) is 35.7 Å². The van der Waals surface area contributed by atoms with Gasteiger partial charge in [-0.2, -0.15) is 4.98 Å². The first-order valence-corrected chi connectivity index (χ1v) is 9.36. The zero-order chi connectivity index (χ0) is 20.6. The molecule has 0 fully saturated rings. The summed E-state index contributed by atoms with van der Waals surface area (Å²) in [6, 6.07) is 7.00. The van der Waals surface area contributed by atoms with Crippen molar-refractivity contribution >= 4 is 40.3 Å². The van der Waals surface area contributed by atoms with E-state index in [1.165, 1.54) is 23.2 Å². The Morgan fingerprint density at radius 3 is 2.39 bits per heavy atom. The number of imidazole rings is 1. The van der Waals surface area contributed by atoms with Crippen molar-refractivity contribution < 1.29 is 4.79 Å². The van der Waals surface area contributed by atoms with E-state index in [0.717, 1.165) is 10.1 Å². The fraction of sp³-hybridized carbons (Fsp3) is 0.333. The number of hydrogen-bond donors (Lipinski definition) is 1. The van der Waals surface area contributed by atoms with E-state index < -0.39 is 11.2 Å². The van der Waals surface area contributed by atoms with E-state index in [1.807, 2.05) is 19.1 Å². The Balaban J connectivity index is 1.93. The van der Waals surface area contributed by atoms with Gasteiger partial charge in [0.1, 0.15) is 6.54 Å². The first-order valence-electron chi connectivity index (χ1n) is 8.61. The molecule has 148 valence electrons. The van der Waals surface area contributed by atoms with Crippen LogP contribution in [0.1, 0.15) is 24.9 Å². The van der Waals surface area contributed by atoms with Gasteiger partial charge >= 0.3 is 5.69 Å². The molecule has 8 nitrogen and oxygen atoms in total. The van der Waals surface area contributed by atoms with Crippen LogP contribution in [-0.4, -0.2) is 24.6 Å². The molecule has 2 heterocycles. The molecule has 3 aromatic rings. The van der Waals surface area contributed by atoms with Gasteiger partial charge in [0.25, 0.3) is 5.56 Å². The normalized spacial score (nSPS) is 12.3. The lowest BCUT2D eigenvalue weighted by atomic mass is 10.0. The Kier molecular flexibility index (Phi) is 5.62. The summed E-state index contributed by atoms with van der Waals surface area (Å²) in [5.41, 5.74) is 0.0761. The minimum Gasteiger partial charge on any atom is -0.348 e. The van der Waals surface area contributed by atoms with E-state index in [-0.39, 0.29) is 34.9 Å². The smallest absolute Gasteiger partial charge is 0.332 e. The molecule has 0 saturated carbocycles. The lowest BCUT2D eigenvalue weighted by Gasteiger charge is -2.18. The SMILES string of the molecule is CCC(NC(=O)Cn1c(Cl)nc2c1c(=O)n(C)c(=O)n2C)c1ccc(Cl)cc1. The third-order valence-corrected chi connectivity index (χ3v) is 5.16. The number of nitrogens with zero attached hydrogens (tertiary/aromatic N) is 4. The summed E-state index contributed by atoms with van der Waals surface area (Å²) in [5, 5.41) is 3.50. The highest BCUT2D eigenvalue weighted by Gasteiger charge is 2.21. The molecule has 10 heteroatoms. The number of benzene rings is 1. The molecule has 0 bridgehead atoms. The Hall–Kier alpha value is -2.58. The van der Waals surface area contributed by atoms with Crippen LogP contribution in [0.25, 0.3) is 11.2 Å². The number of aryl methyl sites for hydroxylation is 1. The molecule has 0 spiro atoms. The molecule has 1 amide bonds. The second-order valence-corrected chi connectivity index (χ2v) is 7.20. The number of nitrogens with one attached hydrogen (secondary N) is 1. The van der Waals surface area contributed by atoms with Crippen molar-refractivity contribution in [3.63, 3.8) is 0 Å². The van der Waals surface area contributed by atoms with Gasteiger partial charge in [-0.3, -0.25) is 23.3 Å². The van der Waals surface area contributed by atoms with Gasteiger partial charge in [0.2, 0.25) is 11.2 Å². The van der Waals surface area contributed by atoms with E-state index >= 15 is 0 Å². The molecule has 1 atom stereocenters. The van der Waals surface area contributed by atoms with Crippen molar-refractivity contribution in [1.82, 2.24) is 24.0 Å². The summed E-state index contributed by atoms with van der Waals surface area (Å²) < 4.78 is 3.49. The molecule has 28 heavy (non-hydrogen) atoms. The maximum absolute atomic E-state index is 12.6. The van der Waals surface area contributed by atoms with Crippen LogP contribution in [0.5, 0.6) is 0 Å². The van der Waals surface area contributed by atoms with Gasteiger partial charge < -0.3 is 5.32 Å². The molecule has 0 aliphatic rings. The first kappa shape index (κ1) is 20.2. The number of hydrogen-bond acceptors (Lipinski definition) is 4. The van der Waals surface area contributed by atoms with Gasteiger partial charge in [-0.1, -0.05) is 30.7 Å². The summed E-state index contributed by atoms with van der Waals surface area (Å²) in [5.74, 6) is -0.334. The molecular weight excluding hydrogens is 405 g/mol. The lowest BCUT2D eigenvalue weighted by Crippen LogP contribution is -2.38. The van der Waals surface area contributed by atoms with Crippen LogP contribution < -0.4 is 16.6 Å². The van der Waals surface area contributed by atoms with Crippen LogP contribution in [0.15, 0.2) is 33.9 Å². The van der Waals surface area contributed by atoms with Crippen molar-refractivity contribution in [2.24, 2.45) is 14.1 Å². The maximum atomic E-state index is 12.6. The van der Waals surface area contributed by atoms with E-state index in [9.17, 15) is 14.4 Å².